The van der Waals surface area contributed by atoms with Crippen LogP contribution in [-0.4, -0.2) is 28.9 Å². The first-order chi connectivity index (χ1) is 12.1. The van der Waals surface area contributed by atoms with Gasteiger partial charge >= 0.3 is 12.1 Å². The molecule has 25 heavy (non-hydrogen) atoms. The third kappa shape index (κ3) is 22.7. The molecule has 0 unspecified atom stereocenters. The Hall–Kier alpha value is -1.34. The molecule has 0 radical (unpaired) electrons. The highest BCUT2D eigenvalue weighted by atomic mass is 17.5. The molecule has 0 aromatic carbocycles. The van der Waals surface area contributed by atoms with Gasteiger partial charge < -0.3 is 10.2 Å². The first kappa shape index (κ1) is 23.7. The summed E-state index contributed by atoms with van der Waals surface area (Å²) in [5.74, 6) is -0.687. The quantitative estimate of drug-likeness (QED) is 0.178. The van der Waals surface area contributed by atoms with Crippen molar-refractivity contribution in [3.63, 3.8) is 0 Å². The number of hydrogen-bond acceptors (Lipinski definition) is 5. The minimum atomic E-state index is -1.52. The summed E-state index contributed by atoms with van der Waals surface area (Å²) < 4.78 is 0. The Balaban J connectivity index is 3.00. The molecule has 0 rings (SSSR count). The number of unbranched alkanes of at least 4 members (excludes halogenated alkanes) is 13. The zero-order chi connectivity index (χ0) is 18.6. The SMILES string of the molecule is O=C(O)CCCCCCCCCCCCCCCCOOOC(=O)O. The summed E-state index contributed by atoms with van der Waals surface area (Å²) in [6, 6.07) is 0. The van der Waals surface area contributed by atoms with Crippen molar-refractivity contribution in [3.8, 4) is 0 Å². The second kappa shape index (κ2) is 19.0. The van der Waals surface area contributed by atoms with E-state index in [1.165, 1.54) is 51.4 Å². The Labute approximate surface area is 150 Å². The van der Waals surface area contributed by atoms with E-state index in [1.807, 2.05) is 0 Å². The van der Waals surface area contributed by atoms with Gasteiger partial charge in [0.15, 0.2) is 0 Å². The van der Waals surface area contributed by atoms with Gasteiger partial charge in [-0.25, -0.2) is 9.68 Å². The van der Waals surface area contributed by atoms with Crippen LogP contribution in [0.1, 0.15) is 96.3 Å². The molecular formula is C18H34O7. The highest BCUT2D eigenvalue weighted by molar-refractivity contribution is 5.66. The lowest BCUT2D eigenvalue weighted by atomic mass is 10.0. The highest BCUT2D eigenvalue weighted by Crippen LogP contribution is 2.13. The zero-order valence-electron chi connectivity index (χ0n) is 15.2. The summed E-state index contributed by atoms with van der Waals surface area (Å²) in [4.78, 5) is 28.6. The van der Waals surface area contributed by atoms with E-state index in [-0.39, 0.29) is 0 Å². The van der Waals surface area contributed by atoms with Crippen molar-refractivity contribution >= 4 is 12.1 Å². The number of carboxylic acid groups (broad SMARTS) is 2. The third-order valence-corrected chi connectivity index (χ3v) is 4.02. The first-order valence-electron chi connectivity index (χ1n) is 9.54. The Morgan fingerprint density at radius 2 is 1.00 bits per heavy atom. The molecule has 0 spiro atoms. The fourth-order valence-electron chi connectivity index (χ4n) is 2.65. The largest absolute Gasteiger partial charge is 0.540 e. The molecule has 0 bridgehead atoms. The lowest BCUT2D eigenvalue weighted by molar-refractivity contribution is -0.485. The van der Waals surface area contributed by atoms with Gasteiger partial charge in [-0.2, -0.15) is 4.89 Å². The van der Waals surface area contributed by atoms with E-state index in [4.69, 9.17) is 10.2 Å². The van der Waals surface area contributed by atoms with Gasteiger partial charge in [-0.15, -0.1) is 0 Å². The molecule has 7 heteroatoms. The van der Waals surface area contributed by atoms with Crippen LogP contribution in [0.4, 0.5) is 4.79 Å². The van der Waals surface area contributed by atoms with Crippen molar-refractivity contribution < 1.29 is 34.6 Å². The lowest BCUT2D eigenvalue weighted by Gasteiger charge is -2.03. The van der Waals surface area contributed by atoms with Gasteiger partial charge in [0.1, 0.15) is 0 Å². The van der Waals surface area contributed by atoms with Crippen LogP contribution in [0.2, 0.25) is 0 Å². The highest BCUT2D eigenvalue weighted by Gasteiger charge is 1.99. The van der Waals surface area contributed by atoms with E-state index >= 15 is 0 Å². The predicted molar refractivity (Wildman–Crippen MR) is 93.0 cm³/mol. The first-order valence-corrected chi connectivity index (χ1v) is 9.54. The van der Waals surface area contributed by atoms with Crippen molar-refractivity contribution in [3.05, 3.63) is 0 Å². The molecule has 0 aliphatic carbocycles. The maximum absolute atomic E-state index is 10.4. The Morgan fingerprint density at radius 3 is 1.40 bits per heavy atom. The molecule has 7 nitrogen and oxygen atoms in total. The molecule has 148 valence electrons. The third-order valence-electron chi connectivity index (χ3n) is 4.02. The van der Waals surface area contributed by atoms with E-state index in [2.05, 4.69) is 14.8 Å². The maximum atomic E-state index is 10.4. The molecule has 0 aromatic rings. The van der Waals surface area contributed by atoms with Crippen molar-refractivity contribution in [2.24, 2.45) is 0 Å². The van der Waals surface area contributed by atoms with Gasteiger partial charge in [-0.3, -0.25) is 4.79 Å². The van der Waals surface area contributed by atoms with Crippen LogP contribution in [0.3, 0.4) is 0 Å². The molecular weight excluding hydrogens is 328 g/mol. The number of hydrogen-bond donors (Lipinski definition) is 2. The summed E-state index contributed by atoms with van der Waals surface area (Å²) in [6.07, 6.45) is 14.9. The molecule has 0 aliphatic rings. The van der Waals surface area contributed by atoms with Crippen molar-refractivity contribution in [1.29, 1.82) is 0 Å². The van der Waals surface area contributed by atoms with Crippen LogP contribution in [-0.2, 0) is 19.6 Å². The molecule has 0 atom stereocenters. The van der Waals surface area contributed by atoms with E-state index in [0.717, 1.165) is 38.5 Å². The van der Waals surface area contributed by atoms with Crippen LogP contribution < -0.4 is 0 Å². The van der Waals surface area contributed by atoms with Gasteiger partial charge in [0.2, 0.25) is 0 Å². The number of aliphatic carboxylic acids is 1. The minimum absolute atomic E-state index is 0.305. The van der Waals surface area contributed by atoms with Gasteiger partial charge in [-0.1, -0.05) is 77.0 Å². The van der Waals surface area contributed by atoms with Gasteiger partial charge in [0, 0.05) is 6.42 Å². The van der Waals surface area contributed by atoms with E-state index in [9.17, 15) is 9.59 Å². The molecule has 0 saturated heterocycles. The molecule has 0 amide bonds. The zero-order valence-corrected chi connectivity index (χ0v) is 15.2. The van der Waals surface area contributed by atoms with Gasteiger partial charge in [-0.05, 0) is 17.9 Å². The standard InChI is InChI=1S/C18H34O7/c19-17(20)15-13-11-9-7-5-3-1-2-4-6-8-10-12-14-16-23-25-24-18(21)22/h1-16H2,(H,19,20)(H,21,22). The lowest BCUT2D eigenvalue weighted by Crippen LogP contribution is -2.03. The van der Waals surface area contributed by atoms with E-state index in [1.54, 1.807) is 0 Å². The van der Waals surface area contributed by atoms with Crippen molar-refractivity contribution in [1.82, 2.24) is 0 Å². The fourth-order valence-corrected chi connectivity index (χ4v) is 2.65. The monoisotopic (exact) mass is 362 g/mol. The minimum Gasteiger partial charge on any atom is -0.481 e. The molecule has 2 N–H and O–H groups in total. The second-order valence-corrected chi connectivity index (χ2v) is 6.33. The molecule has 0 aliphatic heterocycles. The summed E-state index contributed by atoms with van der Waals surface area (Å²) in [5.41, 5.74) is 0. The smallest absolute Gasteiger partial charge is 0.481 e. The topological polar surface area (TPSA) is 102 Å². The number of rotatable bonds is 19. The van der Waals surface area contributed by atoms with Crippen molar-refractivity contribution in [2.75, 3.05) is 6.61 Å². The molecule has 0 fully saturated rings. The summed E-state index contributed by atoms with van der Waals surface area (Å²) in [6.45, 7) is 0.337. The Bertz CT molecular complexity index is 291. The maximum Gasteiger partial charge on any atom is 0.540 e. The average Bonchev–Trinajstić information content (AvgIpc) is 2.56. The van der Waals surface area contributed by atoms with Crippen molar-refractivity contribution in [2.45, 2.75) is 96.3 Å². The molecule has 0 saturated carbocycles. The predicted octanol–water partition coefficient (Wildman–Crippen LogP) is 5.48. The van der Waals surface area contributed by atoms with E-state index in [0.29, 0.717) is 13.0 Å². The van der Waals surface area contributed by atoms with Gasteiger partial charge in [0.05, 0.1) is 6.61 Å². The van der Waals surface area contributed by atoms with E-state index < -0.39 is 12.1 Å². The number of carbonyl (C=O) groups is 2. The van der Waals surface area contributed by atoms with Crippen LogP contribution in [0.15, 0.2) is 0 Å². The Kier molecular flexibility index (Phi) is 18.0. The van der Waals surface area contributed by atoms with Gasteiger partial charge in [0.25, 0.3) is 0 Å². The number of carboxylic acids is 1. The van der Waals surface area contributed by atoms with Crippen LogP contribution >= 0.6 is 0 Å². The average molecular weight is 362 g/mol. The van der Waals surface area contributed by atoms with Crippen LogP contribution in [0.5, 0.6) is 0 Å². The van der Waals surface area contributed by atoms with Crippen LogP contribution in [0.25, 0.3) is 0 Å². The second-order valence-electron chi connectivity index (χ2n) is 6.33. The normalized spacial score (nSPS) is 10.7. The van der Waals surface area contributed by atoms with Crippen LogP contribution in [0, 0.1) is 0 Å². The molecule has 0 aromatic heterocycles. The molecule has 0 heterocycles. The Morgan fingerprint density at radius 1 is 0.600 bits per heavy atom. The summed E-state index contributed by atoms with van der Waals surface area (Å²) in [5, 5.41) is 20.7. The summed E-state index contributed by atoms with van der Waals surface area (Å²) >= 11 is 0. The fraction of sp³-hybridized carbons (Fsp3) is 0.889. The summed E-state index contributed by atoms with van der Waals surface area (Å²) in [7, 11) is 0.